The summed E-state index contributed by atoms with van der Waals surface area (Å²) < 4.78 is 5.40. The van der Waals surface area contributed by atoms with Gasteiger partial charge in [0, 0.05) is 23.5 Å². The Kier molecular flexibility index (Phi) is 4.98. The number of nitrogens with zero attached hydrogens (tertiary/aromatic N) is 2. The zero-order chi connectivity index (χ0) is 14.5. The lowest BCUT2D eigenvalue weighted by Gasteiger charge is -2.17. The molecule has 0 radical (unpaired) electrons. The van der Waals surface area contributed by atoms with Crippen LogP contribution in [0.1, 0.15) is 22.2 Å². The number of benzene rings is 1. The second kappa shape index (κ2) is 6.72. The van der Waals surface area contributed by atoms with Crippen LogP contribution in [-0.2, 0) is 0 Å². The maximum absolute atomic E-state index is 5.92. The molecule has 5 heteroatoms. The molecule has 1 atom stereocenters. The van der Waals surface area contributed by atoms with Crippen molar-refractivity contribution < 1.29 is 4.74 Å². The first-order chi connectivity index (χ1) is 9.63. The molecule has 0 bridgehead atoms. The number of hydrogen-bond acceptors (Lipinski definition) is 5. The van der Waals surface area contributed by atoms with Crippen LogP contribution in [0.2, 0.25) is 0 Å². The van der Waals surface area contributed by atoms with Crippen LogP contribution in [-0.4, -0.2) is 23.6 Å². The average molecular weight is 289 g/mol. The first-order valence-electron chi connectivity index (χ1n) is 6.46. The summed E-state index contributed by atoms with van der Waals surface area (Å²) in [5.74, 6) is 0.847. The average Bonchev–Trinajstić information content (AvgIpc) is 2.43. The third-order valence-corrected chi connectivity index (χ3v) is 4.03. The van der Waals surface area contributed by atoms with Crippen molar-refractivity contribution in [1.82, 2.24) is 9.97 Å². The van der Waals surface area contributed by atoms with E-state index in [-0.39, 0.29) is 5.25 Å². The fourth-order valence-electron chi connectivity index (χ4n) is 2.04. The Hall–Kier alpha value is -1.59. The van der Waals surface area contributed by atoms with Crippen LogP contribution in [0.25, 0.3) is 0 Å². The Balaban J connectivity index is 2.28. The molecule has 1 heterocycles. The molecule has 4 nitrogen and oxygen atoms in total. The smallest absolute Gasteiger partial charge is 0.188 e. The van der Waals surface area contributed by atoms with Crippen molar-refractivity contribution >= 4 is 11.8 Å². The number of para-hydroxylation sites is 1. The van der Waals surface area contributed by atoms with Gasteiger partial charge in [0.15, 0.2) is 5.16 Å². The molecule has 20 heavy (non-hydrogen) atoms. The highest BCUT2D eigenvalue weighted by Crippen LogP contribution is 2.37. The lowest BCUT2D eigenvalue weighted by atomic mass is 10.1. The highest BCUT2D eigenvalue weighted by molar-refractivity contribution is 7.99. The van der Waals surface area contributed by atoms with Gasteiger partial charge in [0.2, 0.25) is 0 Å². The first kappa shape index (κ1) is 14.8. The number of aromatic nitrogens is 2. The quantitative estimate of drug-likeness (QED) is 0.677. The molecule has 2 aromatic rings. The van der Waals surface area contributed by atoms with Crippen molar-refractivity contribution in [1.29, 1.82) is 0 Å². The van der Waals surface area contributed by atoms with Gasteiger partial charge in [-0.2, -0.15) is 0 Å². The molecule has 0 aliphatic rings. The summed E-state index contributed by atoms with van der Waals surface area (Å²) in [6.45, 7) is 4.44. The Labute approximate surface area is 123 Å². The molecule has 0 fully saturated rings. The molecular formula is C15H19N3OS. The number of hydrogen-bond donors (Lipinski definition) is 1. The maximum Gasteiger partial charge on any atom is 0.188 e. The van der Waals surface area contributed by atoms with Gasteiger partial charge in [0.05, 0.1) is 12.4 Å². The van der Waals surface area contributed by atoms with Gasteiger partial charge in [-0.1, -0.05) is 30.0 Å². The van der Waals surface area contributed by atoms with Gasteiger partial charge in [-0.05, 0) is 26.0 Å². The molecule has 0 amide bonds. The zero-order valence-corrected chi connectivity index (χ0v) is 12.8. The van der Waals surface area contributed by atoms with E-state index >= 15 is 0 Å². The lowest BCUT2D eigenvalue weighted by molar-refractivity contribution is 0.409. The van der Waals surface area contributed by atoms with Crippen LogP contribution in [0, 0.1) is 13.8 Å². The van der Waals surface area contributed by atoms with E-state index in [0.29, 0.717) is 6.54 Å². The molecule has 0 aliphatic heterocycles. The van der Waals surface area contributed by atoms with Crippen LogP contribution in [0.4, 0.5) is 0 Å². The minimum absolute atomic E-state index is 0.0762. The predicted molar refractivity (Wildman–Crippen MR) is 82.2 cm³/mol. The second-order valence-electron chi connectivity index (χ2n) is 4.52. The molecule has 1 aromatic heterocycles. The van der Waals surface area contributed by atoms with Gasteiger partial charge in [-0.3, -0.25) is 0 Å². The van der Waals surface area contributed by atoms with Gasteiger partial charge in [-0.15, -0.1) is 0 Å². The van der Waals surface area contributed by atoms with Gasteiger partial charge in [-0.25, -0.2) is 9.97 Å². The molecule has 0 spiro atoms. The number of thioether (sulfide) groups is 1. The van der Waals surface area contributed by atoms with Crippen LogP contribution < -0.4 is 10.5 Å². The fourth-order valence-corrected chi connectivity index (χ4v) is 3.11. The molecule has 0 saturated carbocycles. The summed E-state index contributed by atoms with van der Waals surface area (Å²) in [4.78, 5) is 8.92. The monoisotopic (exact) mass is 289 g/mol. The van der Waals surface area contributed by atoms with Crippen LogP contribution in [0.15, 0.2) is 35.5 Å². The van der Waals surface area contributed by atoms with Gasteiger partial charge in [0.25, 0.3) is 0 Å². The normalized spacial score (nSPS) is 12.2. The number of rotatable bonds is 5. The van der Waals surface area contributed by atoms with Gasteiger partial charge in [0.1, 0.15) is 5.75 Å². The number of methoxy groups -OCH3 is 1. The molecule has 106 valence electrons. The molecule has 1 aromatic carbocycles. The standard InChI is InChI=1S/C15H19N3OS/c1-10-8-11(2)18-15(17-10)20-14(9-16)12-6-4-5-7-13(12)19-3/h4-8,14H,9,16H2,1-3H3. The summed E-state index contributed by atoms with van der Waals surface area (Å²) >= 11 is 1.57. The van der Waals surface area contributed by atoms with Crippen molar-refractivity contribution in [2.45, 2.75) is 24.3 Å². The highest BCUT2D eigenvalue weighted by atomic mass is 32.2. The molecule has 2 rings (SSSR count). The Morgan fingerprint density at radius 1 is 1.20 bits per heavy atom. The fraction of sp³-hybridized carbons (Fsp3) is 0.333. The minimum Gasteiger partial charge on any atom is -0.496 e. The minimum atomic E-state index is 0.0762. The Bertz CT molecular complexity index is 569. The van der Waals surface area contributed by atoms with E-state index in [9.17, 15) is 0 Å². The zero-order valence-electron chi connectivity index (χ0n) is 12.0. The van der Waals surface area contributed by atoms with E-state index in [1.807, 2.05) is 44.2 Å². The van der Waals surface area contributed by atoms with Crippen molar-refractivity contribution in [3.8, 4) is 5.75 Å². The molecular weight excluding hydrogens is 270 g/mol. The predicted octanol–water partition coefficient (Wildman–Crippen LogP) is 2.89. The van der Waals surface area contributed by atoms with E-state index in [0.717, 1.165) is 27.9 Å². The summed E-state index contributed by atoms with van der Waals surface area (Å²) in [6.07, 6.45) is 0. The second-order valence-corrected chi connectivity index (χ2v) is 5.69. The van der Waals surface area contributed by atoms with E-state index in [4.69, 9.17) is 10.5 Å². The summed E-state index contributed by atoms with van der Waals surface area (Å²) in [7, 11) is 1.67. The van der Waals surface area contributed by atoms with E-state index < -0.39 is 0 Å². The number of aryl methyl sites for hydroxylation is 2. The number of ether oxygens (including phenoxy) is 1. The third-order valence-electron chi connectivity index (χ3n) is 2.91. The Morgan fingerprint density at radius 3 is 2.45 bits per heavy atom. The van der Waals surface area contributed by atoms with Gasteiger partial charge < -0.3 is 10.5 Å². The van der Waals surface area contributed by atoms with Gasteiger partial charge >= 0.3 is 0 Å². The first-order valence-corrected chi connectivity index (χ1v) is 7.34. The van der Waals surface area contributed by atoms with E-state index in [2.05, 4.69) is 9.97 Å². The summed E-state index contributed by atoms with van der Waals surface area (Å²) in [6, 6.07) is 9.88. The summed E-state index contributed by atoms with van der Waals surface area (Å²) in [5, 5.41) is 0.830. The van der Waals surface area contributed by atoms with Crippen LogP contribution in [0.3, 0.4) is 0 Å². The van der Waals surface area contributed by atoms with Crippen molar-refractivity contribution in [3.05, 3.63) is 47.3 Å². The lowest BCUT2D eigenvalue weighted by Crippen LogP contribution is -2.11. The number of nitrogens with two attached hydrogens (primary N) is 1. The molecule has 0 aliphatic carbocycles. The molecule has 2 N–H and O–H groups in total. The topological polar surface area (TPSA) is 61.0 Å². The van der Waals surface area contributed by atoms with Crippen LogP contribution >= 0.6 is 11.8 Å². The van der Waals surface area contributed by atoms with Crippen molar-refractivity contribution in [2.24, 2.45) is 5.73 Å². The van der Waals surface area contributed by atoms with Crippen molar-refractivity contribution in [2.75, 3.05) is 13.7 Å². The molecule has 0 saturated heterocycles. The highest BCUT2D eigenvalue weighted by Gasteiger charge is 2.17. The largest absolute Gasteiger partial charge is 0.496 e. The van der Waals surface area contributed by atoms with E-state index in [1.165, 1.54) is 0 Å². The van der Waals surface area contributed by atoms with E-state index in [1.54, 1.807) is 18.9 Å². The van der Waals surface area contributed by atoms with Crippen molar-refractivity contribution in [3.63, 3.8) is 0 Å². The molecule has 1 unspecified atom stereocenters. The Morgan fingerprint density at radius 2 is 1.85 bits per heavy atom. The maximum atomic E-state index is 5.92. The SMILES string of the molecule is COc1ccccc1C(CN)Sc1nc(C)cc(C)n1. The van der Waals surface area contributed by atoms with Crippen LogP contribution in [0.5, 0.6) is 5.75 Å². The summed E-state index contributed by atoms with van der Waals surface area (Å²) in [5.41, 5.74) is 8.93. The third kappa shape index (κ3) is 3.49.